The first-order valence-electron chi connectivity index (χ1n) is 11.3. The number of nitrogens with one attached hydrogen (secondary N) is 1. The number of anilines is 1. The lowest BCUT2D eigenvalue weighted by molar-refractivity contribution is -0.144. The first kappa shape index (κ1) is 26.5. The molecule has 2 fully saturated rings. The van der Waals surface area contributed by atoms with Crippen LogP contribution in [0.1, 0.15) is 45.1 Å². The van der Waals surface area contributed by atoms with Gasteiger partial charge in [0.2, 0.25) is 5.88 Å². The zero-order valence-electron chi connectivity index (χ0n) is 19.8. The van der Waals surface area contributed by atoms with Gasteiger partial charge in [0.05, 0.1) is 9.92 Å². The first-order valence-corrected chi connectivity index (χ1v) is 13.6. The van der Waals surface area contributed by atoms with Crippen LogP contribution >= 0.6 is 11.6 Å². The maximum atomic E-state index is 13.4. The number of hydrogen-bond donors (Lipinski definition) is 1. The molecule has 2 aromatic rings. The van der Waals surface area contributed by atoms with Gasteiger partial charge in [-0.25, -0.2) is 18.4 Å². The molecular weight excluding hydrogens is 521 g/mol. The van der Waals surface area contributed by atoms with E-state index in [1.54, 1.807) is 6.07 Å². The first-order chi connectivity index (χ1) is 16.6. The minimum Gasteiger partial charge on any atom is -0.461 e. The van der Waals surface area contributed by atoms with Gasteiger partial charge in [0.15, 0.2) is 15.4 Å². The fourth-order valence-electron chi connectivity index (χ4n) is 4.77. The van der Waals surface area contributed by atoms with Gasteiger partial charge in [-0.05, 0) is 57.7 Å². The summed E-state index contributed by atoms with van der Waals surface area (Å²) in [5.41, 5.74) is -2.78. The Bertz CT molecular complexity index is 1240. The summed E-state index contributed by atoms with van der Waals surface area (Å²) in [4.78, 5) is 23.3. The number of fused-ring (bicyclic) bond motifs is 2. The van der Waals surface area contributed by atoms with Crippen molar-refractivity contribution in [1.29, 1.82) is 0 Å². The van der Waals surface area contributed by atoms with Crippen LogP contribution in [0, 0.1) is 0 Å². The van der Waals surface area contributed by atoms with E-state index in [4.69, 9.17) is 16.3 Å². The molecular formula is C23H26ClF3N4O4S. The molecule has 4 rings (SSSR count). The Labute approximate surface area is 212 Å². The van der Waals surface area contributed by atoms with Crippen LogP contribution in [-0.4, -0.2) is 54.3 Å². The normalized spacial score (nSPS) is 22.4. The smallest absolute Gasteiger partial charge is 0.421 e. The predicted molar refractivity (Wildman–Crippen MR) is 127 cm³/mol. The largest absolute Gasteiger partial charge is 0.461 e. The Morgan fingerprint density at radius 2 is 1.78 bits per heavy atom. The van der Waals surface area contributed by atoms with Crippen molar-refractivity contribution in [2.75, 3.05) is 11.2 Å². The maximum absolute atomic E-state index is 13.4. The molecule has 0 aromatic carbocycles. The second-order valence-corrected chi connectivity index (χ2v) is 12.1. The Morgan fingerprint density at radius 3 is 2.31 bits per heavy atom. The van der Waals surface area contributed by atoms with E-state index in [-0.39, 0.29) is 28.0 Å². The Balaban J connectivity index is 1.43. The fourth-order valence-corrected chi connectivity index (χ4v) is 5.49. The van der Waals surface area contributed by atoms with Crippen LogP contribution in [0.3, 0.4) is 0 Å². The number of nitrogens with zero attached hydrogens (tertiary/aromatic N) is 3. The topological polar surface area (TPSA) is 101 Å². The van der Waals surface area contributed by atoms with Crippen molar-refractivity contribution >= 4 is 33.2 Å². The number of pyridine rings is 2. The predicted octanol–water partition coefficient (Wildman–Crippen LogP) is 4.03. The number of aromatic nitrogens is 2. The van der Waals surface area contributed by atoms with Crippen LogP contribution < -0.4 is 15.0 Å². The summed E-state index contributed by atoms with van der Waals surface area (Å²) in [5, 5.41) is 2.73. The number of sulfone groups is 1. The molecule has 196 valence electrons. The highest BCUT2D eigenvalue weighted by Gasteiger charge is 2.44. The molecule has 1 amide bonds. The van der Waals surface area contributed by atoms with E-state index in [0.29, 0.717) is 24.7 Å². The maximum Gasteiger partial charge on any atom is 0.421 e. The standard InChI is InChI=1S/C23H26ClF3N4O4S/c1-22(2,35-20-18(23(25,26)27)8-13(24)11-29-20)21(32)30-14-9-15-4-5-16(10-14)31(15)19-7-6-17(12-28-19)36(3,33)34/h6-8,11-12,14-16H,4-5,9-10H2,1-3H3,(H,30,32)/t14-,15+,16-. The molecule has 0 saturated carbocycles. The molecule has 0 unspecified atom stereocenters. The third kappa shape index (κ3) is 5.54. The third-order valence-electron chi connectivity index (χ3n) is 6.50. The van der Waals surface area contributed by atoms with Crippen molar-refractivity contribution in [2.45, 2.75) is 74.3 Å². The lowest BCUT2D eigenvalue weighted by Gasteiger charge is -2.40. The van der Waals surface area contributed by atoms with Gasteiger partial charge in [0.1, 0.15) is 11.4 Å². The van der Waals surface area contributed by atoms with E-state index >= 15 is 0 Å². The number of piperidine rings is 1. The molecule has 2 saturated heterocycles. The van der Waals surface area contributed by atoms with E-state index in [1.165, 1.54) is 26.1 Å². The van der Waals surface area contributed by atoms with Gasteiger partial charge >= 0.3 is 6.18 Å². The molecule has 2 aliphatic rings. The summed E-state index contributed by atoms with van der Waals surface area (Å²) in [6, 6.07) is 3.90. The number of halogens is 4. The summed E-state index contributed by atoms with van der Waals surface area (Å²) in [6.45, 7) is 2.77. The van der Waals surface area contributed by atoms with E-state index < -0.39 is 39.0 Å². The van der Waals surface area contributed by atoms with Crippen molar-refractivity contribution in [2.24, 2.45) is 0 Å². The molecule has 0 aliphatic carbocycles. The van der Waals surface area contributed by atoms with Crippen LogP contribution in [0.4, 0.5) is 19.0 Å². The van der Waals surface area contributed by atoms with E-state index in [9.17, 15) is 26.4 Å². The molecule has 36 heavy (non-hydrogen) atoms. The summed E-state index contributed by atoms with van der Waals surface area (Å²) >= 11 is 5.67. The van der Waals surface area contributed by atoms with Crippen molar-refractivity contribution < 1.29 is 31.1 Å². The molecule has 13 heteroatoms. The van der Waals surface area contributed by atoms with Gasteiger partial charge in [-0.3, -0.25) is 4.79 Å². The highest BCUT2D eigenvalue weighted by atomic mass is 35.5. The van der Waals surface area contributed by atoms with Gasteiger partial charge in [-0.15, -0.1) is 0 Å². The Kier molecular flexibility index (Phi) is 6.89. The zero-order valence-corrected chi connectivity index (χ0v) is 21.4. The van der Waals surface area contributed by atoms with E-state index in [2.05, 4.69) is 20.2 Å². The molecule has 2 bridgehead atoms. The zero-order chi connectivity index (χ0) is 26.5. The van der Waals surface area contributed by atoms with Gasteiger partial charge in [0, 0.05) is 36.8 Å². The SMILES string of the molecule is CC(C)(Oc1ncc(Cl)cc1C(F)(F)F)C(=O)N[C@H]1C[C@H]2CC[C@@H](C1)N2c1ccc(S(C)(=O)=O)cn1. The van der Waals surface area contributed by atoms with Crippen molar-refractivity contribution in [1.82, 2.24) is 15.3 Å². The molecule has 0 spiro atoms. The average molecular weight is 547 g/mol. The summed E-state index contributed by atoms with van der Waals surface area (Å²) in [6.07, 6.45) is 1.74. The molecule has 2 aliphatic heterocycles. The van der Waals surface area contributed by atoms with Gasteiger partial charge < -0.3 is 15.0 Å². The minimum absolute atomic E-state index is 0.0874. The van der Waals surface area contributed by atoms with Crippen LogP contribution in [0.25, 0.3) is 0 Å². The van der Waals surface area contributed by atoms with E-state index in [1.807, 2.05) is 0 Å². The van der Waals surface area contributed by atoms with E-state index in [0.717, 1.165) is 25.3 Å². The Morgan fingerprint density at radius 1 is 1.14 bits per heavy atom. The lowest BCUT2D eigenvalue weighted by Crippen LogP contribution is -2.55. The van der Waals surface area contributed by atoms with Crippen LogP contribution in [0.15, 0.2) is 35.5 Å². The number of carbonyl (C=O) groups is 1. The van der Waals surface area contributed by atoms with Crippen molar-refractivity contribution in [3.63, 3.8) is 0 Å². The molecule has 0 radical (unpaired) electrons. The number of rotatable bonds is 6. The summed E-state index contributed by atoms with van der Waals surface area (Å²) < 4.78 is 69.1. The second-order valence-electron chi connectivity index (χ2n) is 9.67. The highest BCUT2D eigenvalue weighted by molar-refractivity contribution is 7.90. The molecule has 1 N–H and O–H groups in total. The number of carbonyl (C=O) groups excluding carboxylic acids is 1. The van der Waals surface area contributed by atoms with Gasteiger partial charge in [0.25, 0.3) is 5.91 Å². The lowest BCUT2D eigenvalue weighted by atomic mass is 9.96. The molecule has 2 aromatic heterocycles. The van der Waals surface area contributed by atoms with Crippen LogP contribution in [0.5, 0.6) is 5.88 Å². The van der Waals surface area contributed by atoms with Gasteiger partial charge in [-0.1, -0.05) is 11.6 Å². The Hall–Kier alpha value is -2.60. The number of amides is 1. The average Bonchev–Trinajstić information content (AvgIpc) is 3.04. The third-order valence-corrected chi connectivity index (χ3v) is 7.81. The molecule has 3 atom stereocenters. The monoisotopic (exact) mass is 546 g/mol. The molecule has 8 nitrogen and oxygen atoms in total. The van der Waals surface area contributed by atoms with Crippen molar-refractivity contribution in [3.05, 3.63) is 41.2 Å². The van der Waals surface area contributed by atoms with Gasteiger partial charge in [-0.2, -0.15) is 13.2 Å². The second kappa shape index (κ2) is 9.37. The number of hydrogen-bond acceptors (Lipinski definition) is 7. The van der Waals surface area contributed by atoms with Crippen LogP contribution in [0.2, 0.25) is 5.02 Å². The number of ether oxygens (including phenoxy) is 1. The van der Waals surface area contributed by atoms with Crippen LogP contribution in [-0.2, 0) is 20.8 Å². The summed E-state index contributed by atoms with van der Waals surface area (Å²) in [5.74, 6) is -0.594. The minimum atomic E-state index is -4.75. The number of alkyl halides is 3. The van der Waals surface area contributed by atoms with Crippen molar-refractivity contribution in [3.8, 4) is 5.88 Å². The molecule has 4 heterocycles. The highest BCUT2D eigenvalue weighted by Crippen LogP contribution is 2.40. The quantitative estimate of drug-likeness (QED) is 0.584. The summed E-state index contributed by atoms with van der Waals surface area (Å²) in [7, 11) is -3.35. The fraction of sp³-hybridized carbons (Fsp3) is 0.522.